The Morgan fingerprint density at radius 2 is 1.81 bits per heavy atom. The van der Waals surface area contributed by atoms with Gasteiger partial charge in [0.1, 0.15) is 17.5 Å². The second-order valence-corrected chi connectivity index (χ2v) is 6.98. The maximum Gasteiger partial charge on any atom is 0.227 e. The first-order valence-corrected chi connectivity index (χ1v) is 9.46. The number of rotatable bonds is 4. The maximum atomic E-state index is 13.1. The summed E-state index contributed by atoms with van der Waals surface area (Å²) in [7, 11) is 2.10. The number of anilines is 3. The Balaban J connectivity index is 1.39. The van der Waals surface area contributed by atoms with Crippen LogP contribution in [0.2, 0.25) is 0 Å². The monoisotopic (exact) mass is 372 g/mol. The zero-order valence-corrected chi connectivity index (χ0v) is 15.6. The van der Waals surface area contributed by atoms with E-state index >= 15 is 0 Å². The van der Waals surface area contributed by atoms with Crippen LogP contribution in [0.15, 0.2) is 30.6 Å². The van der Waals surface area contributed by atoms with E-state index in [1.807, 2.05) is 12.3 Å². The van der Waals surface area contributed by atoms with Gasteiger partial charge in [-0.3, -0.25) is 0 Å². The van der Waals surface area contributed by atoms with Gasteiger partial charge in [0.25, 0.3) is 0 Å². The second kappa shape index (κ2) is 8.04. The highest BCUT2D eigenvalue weighted by Gasteiger charge is 2.25. The van der Waals surface area contributed by atoms with Crippen LogP contribution in [0.5, 0.6) is 0 Å². The number of aromatic nitrogens is 3. The van der Waals surface area contributed by atoms with Crippen LogP contribution in [0.1, 0.15) is 12.8 Å². The van der Waals surface area contributed by atoms with Crippen molar-refractivity contribution >= 4 is 17.6 Å². The van der Waals surface area contributed by atoms with E-state index in [2.05, 4.69) is 31.7 Å². The van der Waals surface area contributed by atoms with E-state index in [0.29, 0.717) is 6.04 Å². The molecule has 2 aromatic rings. The molecule has 0 radical (unpaired) electrons. The molecule has 7 nitrogen and oxygen atoms in total. The second-order valence-electron chi connectivity index (χ2n) is 6.98. The van der Waals surface area contributed by atoms with E-state index in [0.717, 1.165) is 69.8 Å². The molecule has 4 rings (SSSR count). The molecular weight excluding hydrogens is 347 g/mol. The van der Waals surface area contributed by atoms with Crippen LogP contribution in [0.25, 0.3) is 0 Å². The van der Waals surface area contributed by atoms with Crippen LogP contribution in [0, 0.1) is 5.82 Å². The normalized spacial score (nSPS) is 18.6. The molecule has 0 bridgehead atoms. The average Bonchev–Trinajstić information content (AvgIpc) is 2.75. The first kappa shape index (κ1) is 17.9. The summed E-state index contributed by atoms with van der Waals surface area (Å²) in [4.78, 5) is 20.0. The molecule has 2 aliphatic rings. The van der Waals surface area contributed by atoms with Gasteiger partial charge in [0.2, 0.25) is 5.95 Å². The molecule has 2 saturated heterocycles. The van der Waals surface area contributed by atoms with Crippen LogP contribution in [-0.2, 0) is 4.74 Å². The molecular formula is C19H25FN6O. The Labute approximate surface area is 158 Å². The van der Waals surface area contributed by atoms with Gasteiger partial charge in [0.05, 0.1) is 19.4 Å². The molecule has 8 heteroatoms. The third kappa shape index (κ3) is 4.10. The molecule has 0 amide bonds. The van der Waals surface area contributed by atoms with Gasteiger partial charge in [0.15, 0.2) is 0 Å². The minimum Gasteiger partial charge on any atom is -0.378 e. The van der Waals surface area contributed by atoms with E-state index in [1.165, 1.54) is 12.3 Å². The number of halogens is 1. The molecule has 0 atom stereocenters. The van der Waals surface area contributed by atoms with Crippen molar-refractivity contribution in [2.75, 3.05) is 61.1 Å². The van der Waals surface area contributed by atoms with Gasteiger partial charge in [-0.1, -0.05) is 0 Å². The molecule has 0 aliphatic carbocycles. The Morgan fingerprint density at radius 3 is 2.52 bits per heavy atom. The smallest absolute Gasteiger partial charge is 0.227 e. The lowest BCUT2D eigenvalue weighted by Gasteiger charge is -2.38. The van der Waals surface area contributed by atoms with Crippen LogP contribution < -0.4 is 14.7 Å². The minimum absolute atomic E-state index is 0.298. The molecule has 144 valence electrons. The van der Waals surface area contributed by atoms with Crippen molar-refractivity contribution in [3.05, 3.63) is 36.4 Å². The number of hydrogen-bond acceptors (Lipinski definition) is 7. The zero-order valence-electron chi connectivity index (χ0n) is 15.6. The molecule has 2 aromatic heterocycles. The third-order valence-electron chi connectivity index (χ3n) is 5.33. The van der Waals surface area contributed by atoms with E-state index in [-0.39, 0.29) is 5.82 Å². The summed E-state index contributed by atoms with van der Waals surface area (Å²) in [5.41, 5.74) is 0. The van der Waals surface area contributed by atoms with Gasteiger partial charge in [-0.15, -0.1) is 0 Å². The lowest BCUT2D eigenvalue weighted by atomic mass is 10.0. The highest BCUT2D eigenvalue weighted by molar-refractivity contribution is 5.45. The van der Waals surface area contributed by atoms with Crippen molar-refractivity contribution in [1.29, 1.82) is 0 Å². The Kier molecular flexibility index (Phi) is 5.33. The maximum absolute atomic E-state index is 13.1. The van der Waals surface area contributed by atoms with Crippen LogP contribution >= 0.6 is 0 Å². The SMILES string of the molecule is CN(c1ccnc(N2CCOCC2)n1)C1CCN(c2ccc(F)cn2)CC1. The molecule has 0 spiro atoms. The van der Waals surface area contributed by atoms with Crippen molar-refractivity contribution in [1.82, 2.24) is 15.0 Å². The molecule has 4 heterocycles. The summed E-state index contributed by atoms with van der Waals surface area (Å²) in [6.45, 7) is 4.90. The van der Waals surface area contributed by atoms with E-state index < -0.39 is 0 Å². The summed E-state index contributed by atoms with van der Waals surface area (Å²) in [5.74, 6) is 2.27. The average molecular weight is 372 g/mol. The lowest BCUT2D eigenvalue weighted by Crippen LogP contribution is -2.44. The highest BCUT2D eigenvalue weighted by atomic mass is 19.1. The number of hydrogen-bond donors (Lipinski definition) is 0. The first-order chi connectivity index (χ1) is 13.2. The van der Waals surface area contributed by atoms with Gasteiger partial charge in [-0.05, 0) is 31.0 Å². The van der Waals surface area contributed by atoms with Gasteiger partial charge >= 0.3 is 0 Å². The van der Waals surface area contributed by atoms with Gasteiger partial charge in [-0.25, -0.2) is 14.4 Å². The largest absolute Gasteiger partial charge is 0.378 e. The lowest BCUT2D eigenvalue weighted by molar-refractivity contribution is 0.122. The van der Waals surface area contributed by atoms with Gasteiger partial charge in [-0.2, -0.15) is 4.98 Å². The summed E-state index contributed by atoms with van der Waals surface area (Å²) >= 11 is 0. The van der Waals surface area contributed by atoms with Crippen molar-refractivity contribution in [2.24, 2.45) is 0 Å². The molecule has 27 heavy (non-hydrogen) atoms. The number of piperidine rings is 1. The quantitative estimate of drug-likeness (QED) is 0.813. The molecule has 0 N–H and O–H groups in total. The van der Waals surface area contributed by atoms with Crippen molar-refractivity contribution < 1.29 is 9.13 Å². The minimum atomic E-state index is -0.298. The van der Waals surface area contributed by atoms with Crippen molar-refractivity contribution in [2.45, 2.75) is 18.9 Å². The third-order valence-corrected chi connectivity index (χ3v) is 5.33. The Morgan fingerprint density at radius 1 is 1.04 bits per heavy atom. The van der Waals surface area contributed by atoms with Crippen LogP contribution in [0.4, 0.5) is 22.0 Å². The molecule has 0 aromatic carbocycles. The fourth-order valence-corrected chi connectivity index (χ4v) is 3.68. The van der Waals surface area contributed by atoms with E-state index in [9.17, 15) is 4.39 Å². The summed E-state index contributed by atoms with van der Waals surface area (Å²) in [6.07, 6.45) is 5.13. The topological polar surface area (TPSA) is 57.6 Å². The highest BCUT2D eigenvalue weighted by Crippen LogP contribution is 2.24. The number of pyridine rings is 1. The molecule has 0 unspecified atom stereocenters. The van der Waals surface area contributed by atoms with E-state index in [1.54, 1.807) is 6.07 Å². The molecule has 2 aliphatic heterocycles. The summed E-state index contributed by atoms with van der Waals surface area (Å²) < 4.78 is 18.5. The number of morpholine rings is 1. The number of ether oxygens (including phenoxy) is 1. The zero-order chi connectivity index (χ0) is 18.6. The van der Waals surface area contributed by atoms with Gasteiger partial charge < -0.3 is 19.4 Å². The standard InChI is InChI=1S/C19H25FN6O/c1-24(18-4-7-21-19(23-18)26-10-12-27-13-11-26)16-5-8-25(9-6-16)17-3-2-15(20)14-22-17/h2-4,7,14,16H,5-6,8-13H2,1H3. The molecule has 2 fully saturated rings. The van der Waals surface area contributed by atoms with Crippen molar-refractivity contribution in [3.8, 4) is 0 Å². The van der Waals surface area contributed by atoms with E-state index in [4.69, 9.17) is 9.72 Å². The fourth-order valence-electron chi connectivity index (χ4n) is 3.68. The predicted octanol–water partition coefficient (Wildman–Crippen LogP) is 1.95. The van der Waals surface area contributed by atoms with Crippen LogP contribution in [-0.4, -0.2) is 67.4 Å². The van der Waals surface area contributed by atoms with Crippen LogP contribution in [0.3, 0.4) is 0 Å². The predicted molar refractivity (Wildman–Crippen MR) is 103 cm³/mol. The summed E-state index contributed by atoms with van der Waals surface area (Å²) in [5, 5.41) is 0. The van der Waals surface area contributed by atoms with Gasteiger partial charge in [0, 0.05) is 45.5 Å². The Bertz CT molecular complexity index is 744. The molecule has 0 saturated carbocycles. The number of nitrogens with zero attached hydrogens (tertiary/aromatic N) is 6. The van der Waals surface area contributed by atoms with Crippen molar-refractivity contribution in [3.63, 3.8) is 0 Å². The Hall–Kier alpha value is -2.48. The first-order valence-electron chi connectivity index (χ1n) is 9.46. The summed E-state index contributed by atoms with van der Waals surface area (Å²) in [6, 6.07) is 5.60. The fraction of sp³-hybridized carbons (Fsp3) is 0.526.